The molecule has 0 amide bonds. The highest BCUT2D eigenvalue weighted by Gasteiger charge is 2.08. The van der Waals surface area contributed by atoms with Gasteiger partial charge in [-0.05, 0) is 5.92 Å². The van der Waals surface area contributed by atoms with Crippen molar-refractivity contribution in [3.8, 4) is 0 Å². The van der Waals surface area contributed by atoms with Crippen molar-refractivity contribution in [2.24, 2.45) is 11.8 Å². The first-order chi connectivity index (χ1) is 7.17. The van der Waals surface area contributed by atoms with Crippen LogP contribution in [0, 0.1) is 5.92 Å². The fraction of sp³-hybridized carbons (Fsp3) is 0.500. The summed E-state index contributed by atoms with van der Waals surface area (Å²) in [6.45, 7) is 2.10. The average molecular weight is 249 g/mol. The maximum absolute atomic E-state index is 8.87. The molecule has 1 aromatic rings. The zero-order valence-electron chi connectivity index (χ0n) is 8.27. The molecule has 15 heavy (non-hydrogen) atoms. The van der Waals surface area contributed by atoms with Gasteiger partial charge in [-0.1, -0.05) is 18.5 Å². The summed E-state index contributed by atoms with van der Waals surface area (Å²) in [5.41, 5.74) is 2.35. The highest BCUT2D eigenvalue weighted by atomic mass is 35.5. The molecule has 1 rings (SSSR count). The van der Waals surface area contributed by atoms with E-state index >= 15 is 0 Å². The number of hydrogen-bond donors (Lipinski definition) is 3. The Kier molecular flexibility index (Phi) is 5.10. The van der Waals surface area contributed by atoms with Gasteiger partial charge < -0.3 is 5.11 Å². The van der Waals surface area contributed by atoms with Crippen LogP contribution in [0.15, 0.2) is 11.2 Å². The molecule has 0 fully saturated rings. The van der Waals surface area contributed by atoms with Gasteiger partial charge in [0.1, 0.15) is 5.03 Å². The Morgan fingerprint density at radius 1 is 1.73 bits per heavy atom. The Balaban J connectivity index is 2.66. The molecule has 7 heteroatoms. The Labute approximate surface area is 97.4 Å². The third-order valence-electron chi connectivity index (χ3n) is 1.66. The van der Waals surface area contributed by atoms with Gasteiger partial charge in [-0.15, -0.1) is 11.8 Å². The number of nitrogens with zero attached hydrogens (tertiary/aromatic N) is 2. The zero-order valence-corrected chi connectivity index (χ0v) is 9.85. The second-order valence-corrected chi connectivity index (χ2v) is 4.51. The largest absolute Gasteiger partial charge is 0.396 e. The topological polar surface area (TPSA) is 84.1 Å². The van der Waals surface area contributed by atoms with E-state index in [4.69, 9.17) is 22.6 Å². The summed E-state index contributed by atoms with van der Waals surface area (Å²) in [5.74, 6) is 6.47. The van der Waals surface area contributed by atoms with Gasteiger partial charge in [-0.3, -0.25) is 5.43 Å². The van der Waals surface area contributed by atoms with Crippen LogP contribution in [0.3, 0.4) is 0 Å². The molecule has 0 aromatic carbocycles. The molecule has 0 aliphatic carbocycles. The fourth-order valence-corrected chi connectivity index (χ4v) is 1.94. The van der Waals surface area contributed by atoms with Crippen LogP contribution in [0.2, 0.25) is 5.02 Å². The highest BCUT2D eigenvalue weighted by Crippen LogP contribution is 2.26. The summed E-state index contributed by atoms with van der Waals surface area (Å²) in [6.07, 6.45) is 1.50. The second kappa shape index (κ2) is 6.12. The van der Waals surface area contributed by atoms with E-state index in [-0.39, 0.29) is 12.5 Å². The van der Waals surface area contributed by atoms with Crippen molar-refractivity contribution in [3.63, 3.8) is 0 Å². The standard InChI is InChI=1S/C8H13ClN4OS/c1-5(3-14)4-15-7-6(9)2-11-8(12-7)13-10/h2,5,14H,3-4,10H2,1H3,(H,11,12,13). The van der Waals surface area contributed by atoms with E-state index in [0.717, 1.165) is 5.75 Å². The van der Waals surface area contributed by atoms with Gasteiger partial charge in [0.25, 0.3) is 0 Å². The van der Waals surface area contributed by atoms with E-state index in [2.05, 4.69) is 15.4 Å². The van der Waals surface area contributed by atoms with Crippen molar-refractivity contribution >= 4 is 29.3 Å². The quantitative estimate of drug-likeness (QED) is 0.314. The zero-order chi connectivity index (χ0) is 11.3. The van der Waals surface area contributed by atoms with Crippen LogP contribution in [0.5, 0.6) is 0 Å². The van der Waals surface area contributed by atoms with Crippen molar-refractivity contribution in [3.05, 3.63) is 11.2 Å². The molecule has 84 valence electrons. The first-order valence-electron chi connectivity index (χ1n) is 4.40. The number of nitrogen functional groups attached to an aromatic ring is 1. The van der Waals surface area contributed by atoms with Crippen LogP contribution in [-0.4, -0.2) is 27.4 Å². The molecule has 1 aromatic heterocycles. The molecule has 1 heterocycles. The number of rotatable bonds is 5. The molecular weight excluding hydrogens is 236 g/mol. The Morgan fingerprint density at radius 3 is 3.07 bits per heavy atom. The van der Waals surface area contributed by atoms with Crippen molar-refractivity contribution in [1.29, 1.82) is 0 Å². The molecule has 0 spiro atoms. The van der Waals surface area contributed by atoms with Gasteiger partial charge >= 0.3 is 0 Å². The third kappa shape index (κ3) is 3.83. The van der Waals surface area contributed by atoms with E-state index in [1.54, 1.807) is 0 Å². The molecule has 0 saturated heterocycles. The average Bonchev–Trinajstić information content (AvgIpc) is 2.27. The summed E-state index contributed by atoms with van der Waals surface area (Å²) < 4.78 is 0. The molecular formula is C8H13ClN4OS. The number of hydrogen-bond acceptors (Lipinski definition) is 6. The second-order valence-electron chi connectivity index (χ2n) is 3.09. The predicted octanol–water partition coefficient (Wildman–Crippen LogP) is 1.14. The van der Waals surface area contributed by atoms with Crippen LogP contribution in [0.1, 0.15) is 6.92 Å². The number of hydrazine groups is 1. The van der Waals surface area contributed by atoms with Crippen LogP contribution in [-0.2, 0) is 0 Å². The summed E-state index contributed by atoms with van der Waals surface area (Å²) in [7, 11) is 0. The fourth-order valence-electron chi connectivity index (χ4n) is 0.796. The molecule has 0 bridgehead atoms. The van der Waals surface area contributed by atoms with Crippen molar-refractivity contribution in [1.82, 2.24) is 9.97 Å². The molecule has 0 saturated carbocycles. The first kappa shape index (κ1) is 12.5. The lowest BCUT2D eigenvalue weighted by molar-refractivity contribution is 0.250. The minimum absolute atomic E-state index is 0.150. The van der Waals surface area contributed by atoms with Crippen LogP contribution in [0.4, 0.5) is 5.95 Å². The maximum atomic E-state index is 8.87. The van der Waals surface area contributed by atoms with E-state index in [9.17, 15) is 0 Å². The number of halogens is 1. The van der Waals surface area contributed by atoms with Gasteiger partial charge in [0.05, 0.1) is 11.2 Å². The van der Waals surface area contributed by atoms with Gasteiger partial charge in [0.2, 0.25) is 5.95 Å². The Morgan fingerprint density at radius 2 is 2.47 bits per heavy atom. The van der Waals surface area contributed by atoms with Crippen LogP contribution >= 0.6 is 23.4 Å². The molecule has 1 unspecified atom stereocenters. The van der Waals surface area contributed by atoms with Gasteiger partial charge in [0.15, 0.2) is 0 Å². The smallest absolute Gasteiger partial charge is 0.238 e. The lowest BCUT2D eigenvalue weighted by atomic mass is 10.2. The number of thioether (sulfide) groups is 1. The number of aliphatic hydroxyl groups is 1. The maximum Gasteiger partial charge on any atom is 0.238 e. The van der Waals surface area contributed by atoms with Crippen molar-refractivity contribution < 1.29 is 5.11 Å². The molecule has 1 atom stereocenters. The van der Waals surface area contributed by atoms with E-state index in [1.807, 2.05) is 6.92 Å². The Hall–Kier alpha value is -0.560. The van der Waals surface area contributed by atoms with E-state index in [0.29, 0.717) is 16.0 Å². The predicted molar refractivity (Wildman–Crippen MR) is 61.8 cm³/mol. The monoisotopic (exact) mass is 248 g/mol. The minimum Gasteiger partial charge on any atom is -0.396 e. The number of nitrogens with two attached hydrogens (primary N) is 1. The first-order valence-corrected chi connectivity index (χ1v) is 5.76. The van der Waals surface area contributed by atoms with Gasteiger partial charge in [0, 0.05) is 12.4 Å². The SMILES string of the molecule is CC(CO)CSc1nc(NN)ncc1Cl. The van der Waals surface area contributed by atoms with Gasteiger partial charge in [-0.25, -0.2) is 15.8 Å². The number of anilines is 1. The molecule has 0 aliphatic rings. The minimum atomic E-state index is 0.150. The van der Waals surface area contributed by atoms with E-state index < -0.39 is 0 Å². The molecule has 4 N–H and O–H groups in total. The highest BCUT2D eigenvalue weighted by molar-refractivity contribution is 7.99. The van der Waals surface area contributed by atoms with Crippen LogP contribution in [0.25, 0.3) is 0 Å². The van der Waals surface area contributed by atoms with Crippen molar-refractivity contribution in [2.75, 3.05) is 17.8 Å². The number of aliphatic hydroxyl groups excluding tert-OH is 1. The normalized spacial score (nSPS) is 12.5. The van der Waals surface area contributed by atoms with E-state index in [1.165, 1.54) is 18.0 Å². The van der Waals surface area contributed by atoms with Gasteiger partial charge in [-0.2, -0.15) is 0 Å². The molecule has 5 nitrogen and oxygen atoms in total. The summed E-state index contributed by atoms with van der Waals surface area (Å²) in [6, 6.07) is 0. The Bertz CT molecular complexity index is 326. The summed E-state index contributed by atoms with van der Waals surface area (Å²) >= 11 is 7.37. The molecule has 0 radical (unpaired) electrons. The number of aromatic nitrogens is 2. The molecule has 0 aliphatic heterocycles. The lowest BCUT2D eigenvalue weighted by Gasteiger charge is -2.08. The summed E-state index contributed by atoms with van der Waals surface area (Å²) in [4.78, 5) is 7.96. The summed E-state index contributed by atoms with van der Waals surface area (Å²) in [5, 5.41) is 10.0. The lowest BCUT2D eigenvalue weighted by Crippen LogP contribution is -2.11. The number of nitrogens with one attached hydrogen (secondary N) is 1. The third-order valence-corrected chi connectivity index (χ3v) is 3.37. The van der Waals surface area contributed by atoms with Crippen molar-refractivity contribution in [2.45, 2.75) is 11.9 Å². The van der Waals surface area contributed by atoms with Crippen LogP contribution < -0.4 is 11.3 Å².